The van der Waals surface area contributed by atoms with Gasteiger partial charge in [0, 0.05) is 6.04 Å². The first-order valence-electron chi connectivity index (χ1n) is 6.84. The van der Waals surface area contributed by atoms with Crippen molar-refractivity contribution in [2.75, 3.05) is 0 Å². The molecule has 0 bridgehead atoms. The van der Waals surface area contributed by atoms with Gasteiger partial charge in [0.15, 0.2) is 0 Å². The number of hydrogen-bond donors (Lipinski definition) is 1. The lowest BCUT2D eigenvalue weighted by Crippen LogP contribution is -2.30. The van der Waals surface area contributed by atoms with Crippen molar-refractivity contribution in [1.29, 1.82) is 0 Å². The van der Waals surface area contributed by atoms with E-state index >= 15 is 0 Å². The molecule has 1 aliphatic rings. The molecule has 3 atom stereocenters. The van der Waals surface area contributed by atoms with Crippen molar-refractivity contribution in [3.8, 4) is 0 Å². The summed E-state index contributed by atoms with van der Waals surface area (Å²) in [6.45, 7) is 2.23. The van der Waals surface area contributed by atoms with Crippen molar-refractivity contribution >= 4 is 15.9 Å². The predicted octanol–water partition coefficient (Wildman–Crippen LogP) is 4.80. The van der Waals surface area contributed by atoms with Gasteiger partial charge in [0.25, 0.3) is 0 Å². The summed E-state index contributed by atoms with van der Waals surface area (Å²) < 4.78 is 14.1. The average molecular weight is 314 g/mol. The molecule has 3 heteroatoms. The molecule has 0 saturated heterocycles. The molecule has 1 aromatic carbocycles. The van der Waals surface area contributed by atoms with Gasteiger partial charge in [-0.2, -0.15) is 0 Å². The molecule has 2 N–H and O–H groups in total. The lowest BCUT2D eigenvalue weighted by atomic mass is 9.72. The summed E-state index contributed by atoms with van der Waals surface area (Å²) >= 11 is 3.33. The second kappa shape index (κ2) is 6.16. The van der Waals surface area contributed by atoms with Crippen LogP contribution in [0.5, 0.6) is 0 Å². The number of hydrogen-bond acceptors (Lipinski definition) is 1. The Bertz CT molecular complexity index is 407. The summed E-state index contributed by atoms with van der Waals surface area (Å²) in [6.07, 6.45) is 6.17. The maximum absolute atomic E-state index is 13.6. The van der Waals surface area contributed by atoms with E-state index in [9.17, 15) is 4.39 Å². The molecular formula is C15H21BrFN. The molecule has 0 radical (unpaired) electrons. The zero-order valence-corrected chi connectivity index (χ0v) is 12.4. The van der Waals surface area contributed by atoms with Crippen molar-refractivity contribution in [2.45, 2.75) is 45.1 Å². The van der Waals surface area contributed by atoms with Crippen LogP contribution >= 0.6 is 15.9 Å². The Labute approximate surface area is 117 Å². The molecule has 2 rings (SSSR count). The first kappa shape index (κ1) is 14.0. The Morgan fingerprint density at radius 3 is 2.83 bits per heavy atom. The van der Waals surface area contributed by atoms with Crippen LogP contribution in [0.25, 0.3) is 0 Å². The molecule has 1 nitrogen and oxygen atoms in total. The van der Waals surface area contributed by atoms with Crippen molar-refractivity contribution < 1.29 is 4.39 Å². The van der Waals surface area contributed by atoms with Gasteiger partial charge >= 0.3 is 0 Å². The summed E-state index contributed by atoms with van der Waals surface area (Å²) in [4.78, 5) is 0. The molecule has 1 saturated carbocycles. The van der Waals surface area contributed by atoms with E-state index in [0.717, 1.165) is 5.56 Å². The second-order valence-electron chi connectivity index (χ2n) is 5.29. The van der Waals surface area contributed by atoms with E-state index in [1.165, 1.54) is 38.2 Å². The summed E-state index contributed by atoms with van der Waals surface area (Å²) in [7, 11) is 0. The van der Waals surface area contributed by atoms with E-state index in [-0.39, 0.29) is 11.9 Å². The minimum atomic E-state index is -0.216. The molecule has 0 aliphatic heterocycles. The largest absolute Gasteiger partial charge is 0.324 e. The standard InChI is InChI=1S/C15H21BrFN/c1-2-10-6-3-4-7-11(10)15(18)12-8-5-9-13(17)14(12)16/h5,8-11,15H,2-4,6-7,18H2,1H3. The fraction of sp³-hybridized carbons (Fsp3) is 0.600. The molecular weight excluding hydrogens is 293 g/mol. The van der Waals surface area contributed by atoms with Crippen LogP contribution < -0.4 is 5.73 Å². The van der Waals surface area contributed by atoms with Crippen LogP contribution in [0.15, 0.2) is 22.7 Å². The van der Waals surface area contributed by atoms with Gasteiger partial charge in [-0.05, 0) is 45.8 Å². The van der Waals surface area contributed by atoms with Gasteiger partial charge in [-0.25, -0.2) is 4.39 Å². The highest BCUT2D eigenvalue weighted by Crippen LogP contribution is 2.41. The average Bonchev–Trinajstić information content (AvgIpc) is 2.41. The van der Waals surface area contributed by atoms with Gasteiger partial charge in [0.05, 0.1) is 4.47 Å². The van der Waals surface area contributed by atoms with Crippen LogP contribution in [0.3, 0.4) is 0 Å². The highest BCUT2D eigenvalue weighted by atomic mass is 79.9. The first-order chi connectivity index (χ1) is 8.65. The van der Waals surface area contributed by atoms with Crippen LogP contribution in [0.4, 0.5) is 4.39 Å². The number of benzene rings is 1. The van der Waals surface area contributed by atoms with E-state index < -0.39 is 0 Å². The van der Waals surface area contributed by atoms with E-state index in [0.29, 0.717) is 16.3 Å². The lowest BCUT2D eigenvalue weighted by Gasteiger charge is -2.35. The molecule has 100 valence electrons. The summed E-state index contributed by atoms with van der Waals surface area (Å²) in [5.74, 6) is 0.956. The van der Waals surface area contributed by atoms with E-state index in [1.807, 2.05) is 6.07 Å². The molecule has 0 spiro atoms. The van der Waals surface area contributed by atoms with Gasteiger partial charge in [0.2, 0.25) is 0 Å². The maximum atomic E-state index is 13.6. The molecule has 0 aromatic heterocycles. The Balaban J connectivity index is 2.23. The minimum absolute atomic E-state index is 0.0553. The van der Waals surface area contributed by atoms with Gasteiger partial charge in [-0.1, -0.05) is 44.7 Å². The molecule has 1 aromatic rings. The highest BCUT2D eigenvalue weighted by molar-refractivity contribution is 9.10. The van der Waals surface area contributed by atoms with Crippen molar-refractivity contribution in [3.63, 3.8) is 0 Å². The summed E-state index contributed by atoms with van der Waals surface area (Å²) in [5.41, 5.74) is 7.33. The van der Waals surface area contributed by atoms with Crippen LogP contribution in [-0.2, 0) is 0 Å². The molecule has 3 unspecified atom stereocenters. The zero-order valence-electron chi connectivity index (χ0n) is 10.8. The molecule has 0 heterocycles. The summed E-state index contributed by atoms with van der Waals surface area (Å²) in [5, 5.41) is 0. The number of nitrogens with two attached hydrogens (primary N) is 1. The molecule has 18 heavy (non-hydrogen) atoms. The fourth-order valence-electron chi connectivity index (χ4n) is 3.22. The van der Waals surface area contributed by atoms with Crippen LogP contribution in [0, 0.1) is 17.7 Å². The second-order valence-corrected chi connectivity index (χ2v) is 6.08. The molecule has 1 aliphatic carbocycles. The SMILES string of the molecule is CCC1CCCCC1C(N)c1cccc(F)c1Br. The van der Waals surface area contributed by atoms with Gasteiger partial charge in [-0.3, -0.25) is 0 Å². The third kappa shape index (κ3) is 2.77. The quantitative estimate of drug-likeness (QED) is 0.852. The van der Waals surface area contributed by atoms with E-state index in [2.05, 4.69) is 22.9 Å². The topological polar surface area (TPSA) is 26.0 Å². The van der Waals surface area contributed by atoms with E-state index in [4.69, 9.17) is 5.73 Å². The van der Waals surface area contributed by atoms with Gasteiger partial charge in [-0.15, -0.1) is 0 Å². The Morgan fingerprint density at radius 1 is 1.39 bits per heavy atom. The summed E-state index contributed by atoms with van der Waals surface area (Å²) in [6, 6.07) is 5.11. The van der Waals surface area contributed by atoms with Crippen LogP contribution in [-0.4, -0.2) is 0 Å². The first-order valence-corrected chi connectivity index (χ1v) is 7.64. The van der Waals surface area contributed by atoms with E-state index in [1.54, 1.807) is 6.07 Å². The Hall–Kier alpha value is -0.410. The lowest BCUT2D eigenvalue weighted by molar-refractivity contribution is 0.196. The Kier molecular flexibility index (Phi) is 4.79. The monoisotopic (exact) mass is 313 g/mol. The van der Waals surface area contributed by atoms with Gasteiger partial charge in [0.1, 0.15) is 5.82 Å². The fourth-order valence-corrected chi connectivity index (χ4v) is 3.75. The zero-order chi connectivity index (χ0) is 13.1. The smallest absolute Gasteiger partial charge is 0.137 e. The van der Waals surface area contributed by atoms with Gasteiger partial charge < -0.3 is 5.73 Å². The third-order valence-corrected chi connectivity index (χ3v) is 5.13. The van der Waals surface area contributed by atoms with Crippen molar-refractivity contribution in [2.24, 2.45) is 17.6 Å². The Morgan fingerprint density at radius 2 is 2.11 bits per heavy atom. The number of rotatable bonds is 3. The maximum Gasteiger partial charge on any atom is 0.137 e. The predicted molar refractivity (Wildman–Crippen MR) is 76.8 cm³/mol. The molecule has 1 fully saturated rings. The normalized spacial score (nSPS) is 26.0. The van der Waals surface area contributed by atoms with Crippen LogP contribution in [0.1, 0.15) is 50.6 Å². The van der Waals surface area contributed by atoms with Crippen molar-refractivity contribution in [3.05, 3.63) is 34.1 Å². The van der Waals surface area contributed by atoms with Crippen molar-refractivity contribution in [1.82, 2.24) is 0 Å². The van der Waals surface area contributed by atoms with Crippen LogP contribution in [0.2, 0.25) is 0 Å². The molecule has 0 amide bonds. The third-order valence-electron chi connectivity index (χ3n) is 4.29. The minimum Gasteiger partial charge on any atom is -0.324 e. The number of halogens is 2. The highest BCUT2D eigenvalue weighted by Gasteiger charge is 2.30.